The first-order valence-electron chi connectivity index (χ1n) is 8.43. The van der Waals surface area contributed by atoms with Crippen LogP contribution in [0.5, 0.6) is 0 Å². The highest BCUT2D eigenvalue weighted by Gasteiger charge is 2.30. The van der Waals surface area contributed by atoms with Gasteiger partial charge in [-0.25, -0.2) is 14.2 Å². The van der Waals surface area contributed by atoms with Crippen LogP contribution in [0.3, 0.4) is 0 Å². The number of aromatic amines is 1. The van der Waals surface area contributed by atoms with Gasteiger partial charge in [-0.05, 0) is 12.5 Å². The largest absolute Gasteiger partial charge is 0.477 e. The minimum absolute atomic E-state index is 0.0114. The van der Waals surface area contributed by atoms with Crippen LogP contribution in [-0.4, -0.2) is 39.5 Å². The van der Waals surface area contributed by atoms with E-state index >= 15 is 0 Å². The zero-order chi connectivity index (χ0) is 21.3. The van der Waals surface area contributed by atoms with E-state index in [1.165, 1.54) is 19.1 Å². The predicted molar refractivity (Wildman–Crippen MR) is 105 cm³/mol. The van der Waals surface area contributed by atoms with Crippen LogP contribution in [0.4, 0.5) is 0 Å². The van der Waals surface area contributed by atoms with Gasteiger partial charge in [0, 0.05) is 5.56 Å². The number of nitrogens with zero attached hydrogens (tertiary/aromatic N) is 1. The van der Waals surface area contributed by atoms with Crippen LogP contribution in [0, 0.1) is 6.92 Å². The average molecular weight is 416 g/mol. The number of ketones is 1. The summed E-state index contributed by atoms with van der Waals surface area (Å²) >= 11 is 0.759. The molecule has 29 heavy (non-hydrogen) atoms. The summed E-state index contributed by atoms with van der Waals surface area (Å²) in [6, 6.07) is 6.48. The molecule has 2 aromatic heterocycles. The van der Waals surface area contributed by atoms with Gasteiger partial charge < -0.3 is 9.84 Å². The summed E-state index contributed by atoms with van der Waals surface area (Å²) in [5, 5.41) is 9.28. The molecule has 1 unspecified atom stereocenters. The molecule has 1 atom stereocenters. The van der Waals surface area contributed by atoms with Gasteiger partial charge in [0.1, 0.15) is 15.7 Å². The third-order valence-electron chi connectivity index (χ3n) is 4.47. The number of nitrogens with one attached hydrogen (secondary N) is 1. The molecule has 0 radical (unpaired) electrons. The first-order valence-corrected chi connectivity index (χ1v) is 9.25. The van der Waals surface area contributed by atoms with Crippen molar-refractivity contribution in [1.82, 2.24) is 9.55 Å². The van der Waals surface area contributed by atoms with Crippen molar-refractivity contribution in [2.75, 3.05) is 7.11 Å². The maximum atomic E-state index is 13.1. The number of H-pyrrole nitrogens is 1. The zero-order valence-corrected chi connectivity index (χ0v) is 16.2. The molecule has 0 bridgehead atoms. The number of benzene rings is 1. The number of aromatic carboxylic acids is 1. The number of aromatic nitrogens is 2. The smallest absolute Gasteiger partial charge is 0.346 e. The first-order chi connectivity index (χ1) is 13.8. The Labute approximate surface area is 167 Å². The Balaban J connectivity index is 2.27. The minimum Gasteiger partial charge on any atom is -0.477 e. The first kappa shape index (κ1) is 20.2. The Morgan fingerprint density at radius 3 is 2.45 bits per heavy atom. The van der Waals surface area contributed by atoms with Crippen LogP contribution in [0.15, 0.2) is 39.9 Å². The van der Waals surface area contributed by atoms with E-state index in [1.54, 1.807) is 18.2 Å². The summed E-state index contributed by atoms with van der Waals surface area (Å²) in [6.07, 6.45) is -0.534. The Bertz CT molecular complexity index is 1240. The number of carboxylic acid groups (broad SMARTS) is 1. The second kappa shape index (κ2) is 7.84. The molecule has 0 aliphatic rings. The number of aryl methyl sites for hydroxylation is 1. The second-order valence-electron chi connectivity index (χ2n) is 6.20. The highest BCUT2D eigenvalue weighted by Crippen LogP contribution is 2.27. The summed E-state index contributed by atoms with van der Waals surface area (Å²) < 4.78 is 5.27. The molecule has 1 aromatic carbocycles. The highest BCUT2D eigenvalue weighted by molar-refractivity contribution is 7.20. The number of ether oxygens (including phenoxy) is 1. The van der Waals surface area contributed by atoms with Crippen LogP contribution in [0.25, 0.3) is 10.2 Å². The van der Waals surface area contributed by atoms with Gasteiger partial charge in [0.2, 0.25) is 0 Å². The lowest BCUT2D eigenvalue weighted by atomic mass is 10.0. The number of methoxy groups -OCH3 is 1. The lowest BCUT2D eigenvalue weighted by Crippen LogP contribution is -2.41. The average Bonchev–Trinajstić information content (AvgIpc) is 3.03. The Morgan fingerprint density at radius 2 is 1.86 bits per heavy atom. The molecule has 10 heteroatoms. The lowest BCUT2D eigenvalue weighted by Gasteiger charge is -2.17. The molecule has 0 saturated carbocycles. The van der Waals surface area contributed by atoms with E-state index in [4.69, 9.17) is 0 Å². The number of carboxylic acids is 1. The fourth-order valence-electron chi connectivity index (χ4n) is 3.05. The van der Waals surface area contributed by atoms with Gasteiger partial charge in [-0.2, -0.15) is 0 Å². The van der Waals surface area contributed by atoms with Crippen LogP contribution >= 0.6 is 11.3 Å². The van der Waals surface area contributed by atoms with Gasteiger partial charge in [-0.15, -0.1) is 11.3 Å². The van der Waals surface area contributed by atoms with Gasteiger partial charge in [0.25, 0.3) is 5.56 Å². The van der Waals surface area contributed by atoms with E-state index in [1.807, 2.05) is 0 Å². The second-order valence-corrected chi connectivity index (χ2v) is 7.22. The van der Waals surface area contributed by atoms with Gasteiger partial charge >= 0.3 is 17.6 Å². The standard InChI is InChI=1S/C19H16N2O7S/c1-9-13-16(29-15(9)18(25)26)20-19(27)21(17(13)24)11(8-12(22)28-2)14(23)10-6-4-3-5-7-10/h3-7,11H,8H2,1-2H3,(H,20,27)(H,25,26). The number of rotatable bonds is 6. The minimum atomic E-state index is -1.45. The highest BCUT2D eigenvalue weighted by atomic mass is 32.1. The third kappa shape index (κ3) is 3.61. The molecular formula is C19H16N2O7S. The number of hydrogen-bond donors (Lipinski definition) is 2. The van der Waals surface area contributed by atoms with E-state index in [2.05, 4.69) is 9.72 Å². The van der Waals surface area contributed by atoms with Crippen LogP contribution < -0.4 is 11.2 Å². The van der Waals surface area contributed by atoms with Crippen molar-refractivity contribution in [3.63, 3.8) is 0 Å². The molecule has 0 aliphatic carbocycles. The third-order valence-corrected chi connectivity index (χ3v) is 5.67. The van der Waals surface area contributed by atoms with Crippen molar-refractivity contribution in [3.8, 4) is 0 Å². The molecule has 0 fully saturated rings. The number of carbonyl (C=O) groups excluding carboxylic acids is 2. The van der Waals surface area contributed by atoms with Crippen molar-refractivity contribution in [2.45, 2.75) is 19.4 Å². The van der Waals surface area contributed by atoms with Crippen LogP contribution in [-0.2, 0) is 9.53 Å². The number of fused-ring (bicyclic) bond motifs is 1. The van der Waals surface area contributed by atoms with E-state index < -0.39 is 41.4 Å². The Kier molecular flexibility index (Phi) is 5.46. The maximum Gasteiger partial charge on any atom is 0.346 e. The lowest BCUT2D eigenvalue weighted by molar-refractivity contribution is -0.141. The number of thiophene rings is 1. The fraction of sp³-hybridized carbons (Fsp3) is 0.211. The van der Waals surface area contributed by atoms with Crippen molar-refractivity contribution in [2.24, 2.45) is 0 Å². The molecule has 2 N–H and O–H groups in total. The number of Topliss-reactive ketones (excluding diaryl/α,β-unsaturated/α-hetero) is 1. The van der Waals surface area contributed by atoms with Gasteiger partial charge in [0.05, 0.1) is 18.9 Å². The molecule has 3 rings (SSSR count). The molecule has 0 saturated heterocycles. The van der Waals surface area contributed by atoms with E-state index in [0.29, 0.717) is 4.57 Å². The summed E-state index contributed by atoms with van der Waals surface area (Å²) in [6.45, 7) is 1.45. The van der Waals surface area contributed by atoms with E-state index in [9.17, 15) is 29.1 Å². The predicted octanol–water partition coefficient (Wildman–Crippen LogP) is 1.75. The Morgan fingerprint density at radius 1 is 1.21 bits per heavy atom. The van der Waals surface area contributed by atoms with Gasteiger partial charge in [-0.1, -0.05) is 30.3 Å². The molecule has 0 amide bonds. The summed E-state index contributed by atoms with van der Waals surface area (Å²) in [4.78, 5) is 64.5. The molecule has 0 aliphatic heterocycles. The summed E-state index contributed by atoms with van der Waals surface area (Å²) in [7, 11) is 1.13. The molecule has 150 valence electrons. The number of hydrogen-bond acceptors (Lipinski definition) is 7. The molecule has 9 nitrogen and oxygen atoms in total. The maximum absolute atomic E-state index is 13.1. The van der Waals surface area contributed by atoms with E-state index in [0.717, 1.165) is 18.4 Å². The fourth-order valence-corrected chi connectivity index (χ4v) is 4.08. The van der Waals surface area contributed by atoms with Crippen LogP contribution in [0.1, 0.15) is 38.1 Å². The molecule has 0 spiro atoms. The summed E-state index contributed by atoms with van der Waals surface area (Å²) in [5.74, 6) is -2.63. The molecule has 2 heterocycles. The van der Waals surface area contributed by atoms with Crippen molar-refractivity contribution < 1.29 is 24.2 Å². The van der Waals surface area contributed by atoms with E-state index in [-0.39, 0.29) is 26.2 Å². The Hall–Kier alpha value is -3.53. The quantitative estimate of drug-likeness (QED) is 0.461. The topological polar surface area (TPSA) is 136 Å². The molecular weight excluding hydrogens is 400 g/mol. The SMILES string of the molecule is COC(=O)CC(C(=O)c1ccccc1)n1c(=O)[nH]c2sc(C(=O)O)c(C)c2c1=O. The van der Waals surface area contributed by atoms with Gasteiger partial charge in [-0.3, -0.25) is 19.4 Å². The monoisotopic (exact) mass is 416 g/mol. The van der Waals surface area contributed by atoms with Crippen molar-refractivity contribution in [3.05, 3.63) is 67.2 Å². The molecule has 3 aromatic rings. The van der Waals surface area contributed by atoms with Gasteiger partial charge in [0.15, 0.2) is 5.78 Å². The van der Waals surface area contributed by atoms with Crippen molar-refractivity contribution >= 4 is 39.3 Å². The summed E-state index contributed by atoms with van der Waals surface area (Å²) in [5.41, 5.74) is -1.38. The number of esters is 1. The normalized spacial score (nSPS) is 11.9. The van der Waals surface area contributed by atoms with Crippen LogP contribution in [0.2, 0.25) is 0 Å². The number of carbonyl (C=O) groups is 3. The van der Waals surface area contributed by atoms with Crippen molar-refractivity contribution in [1.29, 1.82) is 0 Å². The zero-order valence-electron chi connectivity index (χ0n) is 15.4.